The molecular formula is C15H27NO. The van der Waals surface area contributed by atoms with Crippen LogP contribution in [0.3, 0.4) is 0 Å². The highest BCUT2D eigenvalue weighted by Gasteiger charge is 2.35. The summed E-state index contributed by atoms with van der Waals surface area (Å²) in [7, 11) is 0. The lowest BCUT2D eigenvalue weighted by Gasteiger charge is -2.36. The summed E-state index contributed by atoms with van der Waals surface area (Å²) in [6.07, 6.45) is 6.57. The lowest BCUT2D eigenvalue weighted by Crippen LogP contribution is -2.29. The summed E-state index contributed by atoms with van der Waals surface area (Å²) >= 11 is 0. The molecule has 0 N–H and O–H groups in total. The van der Waals surface area contributed by atoms with Crippen LogP contribution in [-0.2, 0) is 4.74 Å². The maximum Gasteiger partial charge on any atom is 0.0690 e. The van der Waals surface area contributed by atoms with Crippen LogP contribution in [0.15, 0.2) is 0 Å². The van der Waals surface area contributed by atoms with Gasteiger partial charge in [-0.25, -0.2) is 0 Å². The molecule has 2 heteroatoms. The van der Waals surface area contributed by atoms with Crippen LogP contribution in [0.5, 0.6) is 0 Å². The summed E-state index contributed by atoms with van der Waals surface area (Å²) in [5.74, 6) is 1.59. The van der Waals surface area contributed by atoms with Crippen molar-refractivity contribution in [2.45, 2.75) is 59.3 Å². The van der Waals surface area contributed by atoms with Crippen LogP contribution in [0.2, 0.25) is 0 Å². The smallest absolute Gasteiger partial charge is 0.0690 e. The van der Waals surface area contributed by atoms with Gasteiger partial charge in [-0.1, -0.05) is 20.8 Å². The Morgan fingerprint density at radius 2 is 1.94 bits per heavy atom. The Morgan fingerprint density at radius 1 is 1.29 bits per heavy atom. The van der Waals surface area contributed by atoms with Gasteiger partial charge in [0.2, 0.25) is 0 Å². The van der Waals surface area contributed by atoms with Gasteiger partial charge < -0.3 is 4.74 Å². The topological polar surface area (TPSA) is 33.0 Å². The lowest BCUT2D eigenvalue weighted by molar-refractivity contribution is 0.0844. The third kappa shape index (κ3) is 4.32. The van der Waals surface area contributed by atoms with E-state index in [-0.39, 0.29) is 5.41 Å². The highest BCUT2D eigenvalue weighted by atomic mass is 16.5. The molecule has 0 amide bonds. The first kappa shape index (κ1) is 14.5. The quantitative estimate of drug-likeness (QED) is 0.650. The van der Waals surface area contributed by atoms with Gasteiger partial charge in [-0.3, -0.25) is 0 Å². The van der Waals surface area contributed by atoms with Gasteiger partial charge in [-0.2, -0.15) is 5.26 Å². The SMILES string of the molecule is CCCOCCC1(C#N)CCC(C(C)C)CC1. The molecule has 0 aromatic heterocycles. The van der Waals surface area contributed by atoms with E-state index in [0.717, 1.165) is 50.7 Å². The van der Waals surface area contributed by atoms with Crippen molar-refractivity contribution < 1.29 is 4.74 Å². The van der Waals surface area contributed by atoms with Crippen LogP contribution in [0, 0.1) is 28.6 Å². The molecule has 0 bridgehead atoms. The van der Waals surface area contributed by atoms with Gasteiger partial charge in [0.05, 0.1) is 11.5 Å². The Hall–Kier alpha value is -0.550. The molecule has 0 atom stereocenters. The molecule has 1 saturated carbocycles. The molecule has 17 heavy (non-hydrogen) atoms. The van der Waals surface area contributed by atoms with Crippen LogP contribution < -0.4 is 0 Å². The van der Waals surface area contributed by atoms with Gasteiger partial charge in [-0.15, -0.1) is 0 Å². The van der Waals surface area contributed by atoms with Gasteiger partial charge in [0.1, 0.15) is 0 Å². The van der Waals surface area contributed by atoms with E-state index >= 15 is 0 Å². The number of hydrogen-bond donors (Lipinski definition) is 0. The highest BCUT2D eigenvalue weighted by molar-refractivity contribution is 5.01. The third-order valence-electron chi connectivity index (χ3n) is 4.24. The summed E-state index contributed by atoms with van der Waals surface area (Å²) in [6.45, 7) is 8.31. The van der Waals surface area contributed by atoms with Crippen molar-refractivity contribution in [1.82, 2.24) is 0 Å². The molecule has 1 rings (SSSR count). The fourth-order valence-corrected chi connectivity index (χ4v) is 2.79. The average Bonchev–Trinajstić information content (AvgIpc) is 2.35. The molecule has 2 nitrogen and oxygen atoms in total. The Kier molecular flexibility index (Phi) is 5.98. The van der Waals surface area contributed by atoms with E-state index in [1.807, 2.05) is 0 Å². The van der Waals surface area contributed by atoms with E-state index in [4.69, 9.17) is 4.74 Å². The molecule has 1 aliphatic rings. The summed E-state index contributed by atoms with van der Waals surface area (Å²) in [4.78, 5) is 0. The molecule has 0 aromatic rings. The number of rotatable bonds is 6. The van der Waals surface area contributed by atoms with Crippen LogP contribution in [0.25, 0.3) is 0 Å². The second-order valence-corrected chi connectivity index (χ2v) is 5.84. The monoisotopic (exact) mass is 237 g/mol. The molecule has 0 saturated heterocycles. The molecule has 1 aliphatic carbocycles. The van der Waals surface area contributed by atoms with E-state index in [9.17, 15) is 5.26 Å². The van der Waals surface area contributed by atoms with E-state index in [1.165, 1.54) is 12.8 Å². The van der Waals surface area contributed by atoms with Crippen molar-refractivity contribution in [3.63, 3.8) is 0 Å². The molecule has 0 heterocycles. The minimum absolute atomic E-state index is 0.0842. The van der Waals surface area contributed by atoms with E-state index < -0.39 is 0 Å². The molecular weight excluding hydrogens is 210 g/mol. The van der Waals surface area contributed by atoms with Crippen molar-refractivity contribution in [2.24, 2.45) is 17.3 Å². The second-order valence-electron chi connectivity index (χ2n) is 5.84. The van der Waals surface area contributed by atoms with Gasteiger partial charge in [0, 0.05) is 13.2 Å². The Morgan fingerprint density at radius 3 is 2.41 bits per heavy atom. The van der Waals surface area contributed by atoms with Gasteiger partial charge in [0.15, 0.2) is 0 Å². The van der Waals surface area contributed by atoms with Crippen molar-refractivity contribution in [3.8, 4) is 6.07 Å². The maximum atomic E-state index is 9.42. The van der Waals surface area contributed by atoms with E-state index in [0.29, 0.717) is 0 Å². The lowest BCUT2D eigenvalue weighted by atomic mass is 9.67. The minimum Gasteiger partial charge on any atom is -0.381 e. The zero-order valence-corrected chi connectivity index (χ0v) is 11.7. The predicted octanol–water partition coefficient (Wildman–Crippen LogP) is 4.16. The van der Waals surface area contributed by atoms with Crippen LogP contribution in [0.1, 0.15) is 59.3 Å². The van der Waals surface area contributed by atoms with Crippen LogP contribution in [-0.4, -0.2) is 13.2 Å². The van der Waals surface area contributed by atoms with Crippen molar-refractivity contribution >= 4 is 0 Å². The summed E-state index contributed by atoms with van der Waals surface area (Å²) in [5, 5.41) is 9.42. The van der Waals surface area contributed by atoms with Crippen molar-refractivity contribution in [1.29, 1.82) is 5.26 Å². The van der Waals surface area contributed by atoms with Crippen molar-refractivity contribution in [2.75, 3.05) is 13.2 Å². The standard InChI is InChI=1S/C15H27NO/c1-4-10-17-11-9-15(12-16)7-5-14(6-8-15)13(2)3/h13-14H,4-11H2,1-3H3. The first-order chi connectivity index (χ1) is 8.13. The van der Waals surface area contributed by atoms with Gasteiger partial charge in [0.25, 0.3) is 0 Å². The molecule has 0 aliphatic heterocycles. The number of nitrogens with zero attached hydrogens (tertiary/aromatic N) is 1. The minimum atomic E-state index is -0.0842. The number of hydrogen-bond acceptors (Lipinski definition) is 2. The third-order valence-corrected chi connectivity index (χ3v) is 4.24. The Bertz CT molecular complexity index is 246. The summed E-state index contributed by atoms with van der Waals surface area (Å²) in [5.41, 5.74) is -0.0842. The van der Waals surface area contributed by atoms with Crippen LogP contribution >= 0.6 is 0 Å². The molecule has 98 valence electrons. The van der Waals surface area contributed by atoms with Crippen molar-refractivity contribution in [3.05, 3.63) is 0 Å². The summed E-state index contributed by atoms with van der Waals surface area (Å²) in [6, 6.07) is 2.57. The van der Waals surface area contributed by atoms with E-state index in [2.05, 4.69) is 26.8 Å². The summed E-state index contributed by atoms with van der Waals surface area (Å²) < 4.78 is 5.54. The first-order valence-corrected chi connectivity index (χ1v) is 7.12. The van der Waals surface area contributed by atoms with Gasteiger partial charge >= 0.3 is 0 Å². The average molecular weight is 237 g/mol. The second kappa shape index (κ2) is 7.01. The Balaban J connectivity index is 2.36. The van der Waals surface area contributed by atoms with Gasteiger partial charge in [-0.05, 0) is 50.4 Å². The van der Waals surface area contributed by atoms with E-state index in [1.54, 1.807) is 0 Å². The zero-order chi connectivity index (χ0) is 12.7. The molecule has 0 radical (unpaired) electrons. The number of nitriles is 1. The molecule has 1 fully saturated rings. The molecule has 0 aromatic carbocycles. The fraction of sp³-hybridized carbons (Fsp3) is 0.933. The maximum absolute atomic E-state index is 9.42. The Labute approximate surface area is 106 Å². The highest BCUT2D eigenvalue weighted by Crippen LogP contribution is 2.43. The zero-order valence-electron chi connectivity index (χ0n) is 11.7. The first-order valence-electron chi connectivity index (χ1n) is 7.12. The molecule has 0 unspecified atom stereocenters. The predicted molar refractivity (Wildman–Crippen MR) is 70.6 cm³/mol. The number of ether oxygens (including phenoxy) is 1. The van der Waals surface area contributed by atoms with Crippen LogP contribution in [0.4, 0.5) is 0 Å². The normalized spacial score (nSPS) is 29.2. The fourth-order valence-electron chi connectivity index (χ4n) is 2.79. The largest absolute Gasteiger partial charge is 0.381 e. The molecule has 0 spiro atoms.